The molecule has 0 N–H and O–H groups in total. The van der Waals surface area contributed by atoms with Crippen molar-refractivity contribution in [3.63, 3.8) is 0 Å². The Morgan fingerprint density at radius 2 is 0.850 bits per heavy atom. The summed E-state index contributed by atoms with van der Waals surface area (Å²) in [5, 5.41) is 0. The van der Waals surface area contributed by atoms with Gasteiger partial charge in [-0.15, -0.1) is 0 Å². The zero-order chi connectivity index (χ0) is 15.1. The summed E-state index contributed by atoms with van der Waals surface area (Å²) in [4.78, 5) is 0. The number of rotatable bonds is 15. The standard InChI is InChI=1S/C20H42/c1-5-7-8-9-10-11-12-13-14-15-16-17-18-19-20(3,4)6-2/h5-19H2,1-4H3. The van der Waals surface area contributed by atoms with Crippen molar-refractivity contribution in [1.82, 2.24) is 0 Å². The molecule has 20 heavy (non-hydrogen) atoms. The highest BCUT2D eigenvalue weighted by Crippen LogP contribution is 2.27. The van der Waals surface area contributed by atoms with Crippen molar-refractivity contribution in [3.8, 4) is 0 Å². The van der Waals surface area contributed by atoms with Crippen LogP contribution in [-0.2, 0) is 0 Å². The average Bonchev–Trinajstić information content (AvgIpc) is 2.44. The summed E-state index contributed by atoms with van der Waals surface area (Å²) in [5.74, 6) is 0. The second-order valence-corrected chi connectivity index (χ2v) is 7.51. The molecule has 0 aromatic rings. The average molecular weight is 283 g/mol. The van der Waals surface area contributed by atoms with E-state index in [2.05, 4.69) is 27.7 Å². The van der Waals surface area contributed by atoms with Crippen molar-refractivity contribution in [1.29, 1.82) is 0 Å². The molecule has 0 aromatic heterocycles. The fourth-order valence-electron chi connectivity index (χ4n) is 2.80. The smallest absolute Gasteiger partial charge is 0.0357 e. The third-order valence-corrected chi connectivity index (χ3v) is 4.91. The van der Waals surface area contributed by atoms with E-state index in [1.165, 1.54) is 96.3 Å². The van der Waals surface area contributed by atoms with Crippen molar-refractivity contribution >= 4 is 0 Å². The van der Waals surface area contributed by atoms with Crippen LogP contribution in [0.5, 0.6) is 0 Å². The molecule has 0 atom stereocenters. The summed E-state index contributed by atoms with van der Waals surface area (Å²) in [6.45, 7) is 9.44. The van der Waals surface area contributed by atoms with E-state index in [4.69, 9.17) is 0 Å². The Labute approximate surface area is 130 Å². The first-order valence-electron chi connectivity index (χ1n) is 9.62. The van der Waals surface area contributed by atoms with Gasteiger partial charge in [0.15, 0.2) is 0 Å². The maximum Gasteiger partial charge on any atom is -0.0357 e. The molecule has 0 radical (unpaired) electrons. The monoisotopic (exact) mass is 282 g/mol. The Kier molecular flexibility index (Phi) is 14.0. The van der Waals surface area contributed by atoms with Gasteiger partial charge in [-0.3, -0.25) is 0 Å². The molecule has 0 aliphatic heterocycles. The highest BCUT2D eigenvalue weighted by molar-refractivity contribution is 4.65. The van der Waals surface area contributed by atoms with Gasteiger partial charge in [0.1, 0.15) is 0 Å². The van der Waals surface area contributed by atoms with Crippen LogP contribution < -0.4 is 0 Å². The summed E-state index contributed by atoms with van der Waals surface area (Å²) in [6.07, 6.45) is 21.7. The van der Waals surface area contributed by atoms with Gasteiger partial charge in [-0.25, -0.2) is 0 Å². The van der Waals surface area contributed by atoms with E-state index in [1.54, 1.807) is 0 Å². The molecule has 0 heteroatoms. The van der Waals surface area contributed by atoms with Gasteiger partial charge in [0, 0.05) is 0 Å². The largest absolute Gasteiger partial charge is 0.0654 e. The number of hydrogen-bond acceptors (Lipinski definition) is 0. The zero-order valence-electron chi connectivity index (χ0n) is 15.1. The van der Waals surface area contributed by atoms with E-state index < -0.39 is 0 Å². The maximum atomic E-state index is 2.41. The van der Waals surface area contributed by atoms with Gasteiger partial charge < -0.3 is 0 Å². The van der Waals surface area contributed by atoms with Crippen LogP contribution in [0, 0.1) is 5.41 Å². The first kappa shape index (κ1) is 20.0. The fourth-order valence-corrected chi connectivity index (χ4v) is 2.80. The van der Waals surface area contributed by atoms with E-state index in [0.29, 0.717) is 5.41 Å². The van der Waals surface area contributed by atoms with Crippen LogP contribution in [0.4, 0.5) is 0 Å². The minimum absolute atomic E-state index is 0.581. The minimum atomic E-state index is 0.581. The van der Waals surface area contributed by atoms with Gasteiger partial charge >= 0.3 is 0 Å². The Balaban J connectivity index is 3.06. The molecule has 0 aromatic carbocycles. The molecule has 0 aliphatic rings. The second-order valence-electron chi connectivity index (χ2n) is 7.51. The molecule has 0 unspecified atom stereocenters. The Bertz CT molecular complexity index is 180. The SMILES string of the molecule is CCCCCCCCCCCCCCCC(C)(C)CC. The normalized spacial score (nSPS) is 12.0. The van der Waals surface area contributed by atoms with Crippen LogP contribution in [0.3, 0.4) is 0 Å². The van der Waals surface area contributed by atoms with E-state index >= 15 is 0 Å². The Morgan fingerprint density at radius 3 is 1.20 bits per heavy atom. The summed E-state index contributed by atoms with van der Waals surface area (Å²) >= 11 is 0. The van der Waals surface area contributed by atoms with Crippen LogP contribution in [0.25, 0.3) is 0 Å². The zero-order valence-corrected chi connectivity index (χ0v) is 15.1. The van der Waals surface area contributed by atoms with Gasteiger partial charge in [-0.05, 0) is 11.8 Å². The molecule has 0 spiro atoms. The number of unbranched alkanes of at least 4 members (excludes halogenated alkanes) is 12. The minimum Gasteiger partial charge on any atom is -0.0654 e. The van der Waals surface area contributed by atoms with Crippen molar-refractivity contribution in [2.24, 2.45) is 5.41 Å². The van der Waals surface area contributed by atoms with Crippen LogP contribution in [0.15, 0.2) is 0 Å². The van der Waals surface area contributed by atoms with E-state index in [0.717, 1.165) is 0 Å². The lowest BCUT2D eigenvalue weighted by Crippen LogP contribution is -2.08. The number of hydrogen-bond donors (Lipinski definition) is 0. The molecule has 0 saturated heterocycles. The summed E-state index contributed by atoms with van der Waals surface area (Å²) in [6, 6.07) is 0. The van der Waals surface area contributed by atoms with Crippen molar-refractivity contribution < 1.29 is 0 Å². The molecule has 0 bridgehead atoms. The van der Waals surface area contributed by atoms with Crippen molar-refractivity contribution in [2.75, 3.05) is 0 Å². The predicted molar refractivity (Wildman–Crippen MR) is 94.4 cm³/mol. The first-order valence-corrected chi connectivity index (χ1v) is 9.62. The van der Waals surface area contributed by atoms with Crippen molar-refractivity contribution in [3.05, 3.63) is 0 Å². The molecule has 0 aliphatic carbocycles. The molecule has 122 valence electrons. The Morgan fingerprint density at radius 1 is 0.500 bits per heavy atom. The molecular formula is C20H42. The molecule has 0 nitrogen and oxygen atoms in total. The van der Waals surface area contributed by atoms with Crippen LogP contribution in [0.1, 0.15) is 124 Å². The van der Waals surface area contributed by atoms with Gasteiger partial charge in [0.05, 0.1) is 0 Å². The van der Waals surface area contributed by atoms with Crippen molar-refractivity contribution in [2.45, 2.75) is 124 Å². The van der Waals surface area contributed by atoms with Gasteiger partial charge in [0.25, 0.3) is 0 Å². The Hall–Kier alpha value is 0. The third kappa shape index (κ3) is 14.4. The molecule has 0 rings (SSSR count). The molecular weight excluding hydrogens is 240 g/mol. The lowest BCUT2D eigenvalue weighted by atomic mass is 9.84. The van der Waals surface area contributed by atoms with Gasteiger partial charge in [0.2, 0.25) is 0 Å². The van der Waals surface area contributed by atoms with E-state index in [1.807, 2.05) is 0 Å². The summed E-state index contributed by atoms with van der Waals surface area (Å²) in [7, 11) is 0. The fraction of sp³-hybridized carbons (Fsp3) is 1.00. The second kappa shape index (κ2) is 14.0. The molecule has 0 saturated carbocycles. The highest BCUT2D eigenvalue weighted by atomic mass is 14.2. The van der Waals surface area contributed by atoms with E-state index in [-0.39, 0.29) is 0 Å². The first-order chi connectivity index (χ1) is 9.62. The van der Waals surface area contributed by atoms with Crippen LogP contribution in [0.2, 0.25) is 0 Å². The maximum absolute atomic E-state index is 2.41. The van der Waals surface area contributed by atoms with Crippen LogP contribution in [-0.4, -0.2) is 0 Å². The predicted octanol–water partition coefficient (Wildman–Crippen LogP) is 7.90. The van der Waals surface area contributed by atoms with Crippen LogP contribution >= 0.6 is 0 Å². The molecule has 0 heterocycles. The summed E-state index contributed by atoms with van der Waals surface area (Å²) in [5.41, 5.74) is 0.581. The van der Waals surface area contributed by atoms with Gasteiger partial charge in [-0.1, -0.05) is 118 Å². The quantitative estimate of drug-likeness (QED) is 0.268. The lowest BCUT2D eigenvalue weighted by molar-refractivity contribution is 0.307. The van der Waals surface area contributed by atoms with E-state index in [9.17, 15) is 0 Å². The molecule has 0 fully saturated rings. The third-order valence-electron chi connectivity index (χ3n) is 4.91. The topological polar surface area (TPSA) is 0 Å². The highest BCUT2D eigenvalue weighted by Gasteiger charge is 2.13. The summed E-state index contributed by atoms with van der Waals surface area (Å²) < 4.78 is 0. The lowest BCUT2D eigenvalue weighted by Gasteiger charge is -2.22. The van der Waals surface area contributed by atoms with Gasteiger partial charge in [-0.2, -0.15) is 0 Å². The molecule has 0 amide bonds.